The normalized spacial score (nSPS) is 20.9. The number of hydrogen-bond acceptors (Lipinski definition) is 7. The number of carbonyl (C=O) groups is 4. The van der Waals surface area contributed by atoms with E-state index in [4.69, 9.17) is 26.2 Å². The molecule has 0 fully saturated rings. The fraction of sp³-hybridized carbons (Fsp3) is 0.667. The van der Waals surface area contributed by atoms with Crippen LogP contribution in [0.15, 0.2) is 22.8 Å². The fourth-order valence-corrected chi connectivity index (χ4v) is 4.09. The molecule has 9 heteroatoms. The van der Waals surface area contributed by atoms with Crippen molar-refractivity contribution < 1.29 is 38.9 Å². The SMILES string of the molecule is CCCCCCCC[C@]1(O)C=C(Cl)C(=O)/C1=C/[C@@H](OC(C)=O)[C@H](CCCC(=O)O)OC(C)=O. The number of carboxylic acid groups (broad SMARTS) is 1. The molecule has 1 aliphatic rings. The number of ketones is 1. The monoisotopic (exact) mass is 486 g/mol. The second-order valence-electron chi connectivity index (χ2n) is 8.35. The second kappa shape index (κ2) is 14.2. The van der Waals surface area contributed by atoms with Crippen LogP contribution in [0.3, 0.4) is 0 Å². The molecule has 2 N–H and O–H groups in total. The molecule has 0 amide bonds. The number of carboxylic acids is 1. The maximum atomic E-state index is 12.7. The minimum atomic E-state index is -1.63. The number of hydrogen-bond donors (Lipinski definition) is 2. The Morgan fingerprint density at radius 2 is 1.67 bits per heavy atom. The smallest absolute Gasteiger partial charge is 0.303 e. The van der Waals surface area contributed by atoms with E-state index in [1.807, 2.05) is 0 Å². The third-order valence-electron chi connectivity index (χ3n) is 5.40. The van der Waals surface area contributed by atoms with Gasteiger partial charge in [-0.15, -0.1) is 0 Å². The molecule has 0 saturated carbocycles. The van der Waals surface area contributed by atoms with E-state index in [0.29, 0.717) is 6.42 Å². The molecule has 0 unspecified atom stereocenters. The molecule has 0 aliphatic heterocycles. The van der Waals surface area contributed by atoms with Crippen LogP contribution in [-0.2, 0) is 28.7 Å². The van der Waals surface area contributed by atoms with Crippen LogP contribution >= 0.6 is 11.6 Å². The minimum absolute atomic E-state index is 0.0392. The number of unbranched alkanes of at least 4 members (excludes halogenated alkanes) is 5. The number of carbonyl (C=O) groups excluding carboxylic acids is 3. The number of aliphatic carboxylic acids is 1. The first-order valence-electron chi connectivity index (χ1n) is 11.4. The van der Waals surface area contributed by atoms with Crippen molar-refractivity contribution >= 4 is 35.3 Å². The van der Waals surface area contributed by atoms with E-state index in [1.54, 1.807) is 0 Å². The number of esters is 2. The van der Waals surface area contributed by atoms with Crippen molar-refractivity contribution in [2.45, 2.75) is 103 Å². The van der Waals surface area contributed by atoms with E-state index in [1.165, 1.54) is 19.1 Å². The quantitative estimate of drug-likeness (QED) is 0.200. The molecule has 33 heavy (non-hydrogen) atoms. The summed E-state index contributed by atoms with van der Waals surface area (Å²) < 4.78 is 10.6. The number of aliphatic hydroxyl groups is 1. The molecule has 1 rings (SSSR count). The van der Waals surface area contributed by atoms with E-state index in [-0.39, 0.29) is 36.3 Å². The van der Waals surface area contributed by atoms with Crippen LogP contribution in [0.25, 0.3) is 0 Å². The van der Waals surface area contributed by atoms with Crippen LogP contribution in [0, 0.1) is 0 Å². The van der Waals surface area contributed by atoms with Crippen molar-refractivity contribution in [2.75, 3.05) is 0 Å². The first-order chi connectivity index (χ1) is 15.5. The molecule has 0 bridgehead atoms. The number of halogens is 1. The summed E-state index contributed by atoms with van der Waals surface area (Å²) in [4.78, 5) is 46.9. The molecule has 3 atom stereocenters. The number of Topliss-reactive ketones (excluding diaryl/α,β-unsaturated/α-hetero) is 1. The molecule has 0 aromatic heterocycles. The van der Waals surface area contributed by atoms with Gasteiger partial charge in [-0.3, -0.25) is 19.2 Å². The third kappa shape index (κ3) is 10.1. The van der Waals surface area contributed by atoms with Gasteiger partial charge >= 0.3 is 17.9 Å². The summed E-state index contributed by atoms with van der Waals surface area (Å²) in [5, 5.41) is 20.0. The van der Waals surface area contributed by atoms with Crippen LogP contribution in [0.1, 0.15) is 85.0 Å². The molecule has 0 saturated heterocycles. The van der Waals surface area contributed by atoms with Gasteiger partial charge in [0.15, 0.2) is 6.10 Å². The van der Waals surface area contributed by atoms with Gasteiger partial charge in [0.05, 0.1) is 5.03 Å². The predicted octanol–water partition coefficient (Wildman–Crippen LogP) is 4.22. The number of ether oxygens (including phenoxy) is 2. The van der Waals surface area contributed by atoms with Crippen molar-refractivity contribution in [1.82, 2.24) is 0 Å². The van der Waals surface area contributed by atoms with Gasteiger partial charge in [0.2, 0.25) is 5.78 Å². The molecule has 0 aromatic carbocycles. The third-order valence-corrected chi connectivity index (χ3v) is 5.68. The summed E-state index contributed by atoms with van der Waals surface area (Å²) in [7, 11) is 0. The summed E-state index contributed by atoms with van der Waals surface area (Å²) >= 11 is 6.05. The Balaban J connectivity index is 3.13. The average Bonchev–Trinajstić information content (AvgIpc) is 2.91. The molecular weight excluding hydrogens is 452 g/mol. The highest BCUT2D eigenvalue weighted by Crippen LogP contribution is 2.37. The van der Waals surface area contributed by atoms with Crippen LogP contribution in [0.4, 0.5) is 0 Å². The molecule has 0 heterocycles. The van der Waals surface area contributed by atoms with E-state index < -0.39 is 41.5 Å². The first-order valence-corrected chi connectivity index (χ1v) is 11.8. The molecule has 0 radical (unpaired) electrons. The van der Waals surface area contributed by atoms with Gasteiger partial charge < -0.3 is 19.7 Å². The van der Waals surface area contributed by atoms with Crippen molar-refractivity contribution in [3.05, 3.63) is 22.8 Å². The lowest BCUT2D eigenvalue weighted by molar-refractivity contribution is -0.162. The molecule has 0 spiro atoms. The summed E-state index contributed by atoms with van der Waals surface area (Å²) in [6.07, 6.45) is 6.62. The Labute approximate surface area is 200 Å². The van der Waals surface area contributed by atoms with E-state index in [2.05, 4.69) is 6.92 Å². The van der Waals surface area contributed by atoms with Crippen molar-refractivity contribution in [3.8, 4) is 0 Å². The number of allylic oxidation sites excluding steroid dienone is 1. The highest BCUT2D eigenvalue weighted by molar-refractivity contribution is 6.46. The second-order valence-corrected chi connectivity index (χ2v) is 8.76. The Morgan fingerprint density at radius 3 is 2.24 bits per heavy atom. The van der Waals surface area contributed by atoms with Crippen LogP contribution in [-0.4, -0.2) is 51.7 Å². The topological polar surface area (TPSA) is 127 Å². The average molecular weight is 487 g/mol. The Bertz CT molecular complexity index is 772. The van der Waals surface area contributed by atoms with Crippen molar-refractivity contribution in [1.29, 1.82) is 0 Å². The highest BCUT2D eigenvalue weighted by Gasteiger charge is 2.42. The summed E-state index contributed by atoms with van der Waals surface area (Å²) in [5.41, 5.74) is -1.67. The van der Waals surface area contributed by atoms with Gasteiger partial charge in [0.25, 0.3) is 0 Å². The van der Waals surface area contributed by atoms with Crippen LogP contribution in [0.5, 0.6) is 0 Å². The van der Waals surface area contributed by atoms with Crippen LogP contribution < -0.4 is 0 Å². The van der Waals surface area contributed by atoms with Crippen molar-refractivity contribution in [3.63, 3.8) is 0 Å². The zero-order valence-electron chi connectivity index (χ0n) is 19.6. The lowest BCUT2D eigenvalue weighted by Gasteiger charge is -2.27. The predicted molar refractivity (Wildman–Crippen MR) is 123 cm³/mol. The molecular formula is C24H35ClO8. The van der Waals surface area contributed by atoms with Crippen LogP contribution in [0.2, 0.25) is 0 Å². The maximum absolute atomic E-state index is 12.7. The standard InChI is InChI=1S/C24H35ClO8/c1-4-5-6-7-8-9-13-24(31)15-19(25)23(30)18(24)14-21(33-17(3)27)20(32-16(2)26)11-10-12-22(28)29/h14-15,20-21,31H,4-13H2,1-3H3,(H,28,29)/b18-14-/t20-,21+,24-/m0/s1. The molecule has 1 aliphatic carbocycles. The van der Waals surface area contributed by atoms with Gasteiger partial charge in [0, 0.05) is 25.8 Å². The highest BCUT2D eigenvalue weighted by atomic mass is 35.5. The van der Waals surface area contributed by atoms with E-state index >= 15 is 0 Å². The van der Waals surface area contributed by atoms with Gasteiger partial charge in [-0.2, -0.15) is 0 Å². The summed E-state index contributed by atoms with van der Waals surface area (Å²) in [6, 6.07) is 0. The largest absolute Gasteiger partial charge is 0.481 e. The van der Waals surface area contributed by atoms with Gasteiger partial charge in [0.1, 0.15) is 11.7 Å². The van der Waals surface area contributed by atoms with E-state index in [0.717, 1.165) is 39.0 Å². The summed E-state index contributed by atoms with van der Waals surface area (Å²) in [5.74, 6) is -2.94. The Morgan fingerprint density at radius 1 is 1.06 bits per heavy atom. The minimum Gasteiger partial charge on any atom is -0.481 e. The van der Waals surface area contributed by atoms with Gasteiger partial charge in [-0.25, -0.2) is 0 Å². The molecule has 8 nitrogen and oxygen atoms in total. The lowest BCUT2D eigenvalue weighted by atomic mass is 9.88. The fourth-order valence-electron chi connectivity index (χ4n) is 3.81. The Kier molecular flexibility index (Phi) is 12.4. The van der Waals surface area contributed by atoms with Gasteiger partial charge in [-0.05, 0) is 37.8 Å². The zero-order chi connectivity index (χ0) is 25.0. The lowest BCUT2D eigenvalue weighted by Crippen LogP contribution is -2.36. The van der Waals surface area contributed by atoms with Gasteiger partial charge in [-0.1, -0.05) is 50.6 Å². The summed E-state index contributed by atoms with van der Waals surface area (Å²) in [6.45, 7) is 4.47. The van der Waals surface area contributed by atoms with Crippen molar-refractivity contribution in [2.24, 2.45) is 0 Å². The maximum Gasteiger partial charge on any atom is 0.303 e. The first kappa shape index (κ1) is 28.8. The number of rotatable bonds is 15. The zero-order valence-corrected chi connectivity index (χ0v) is 20.4. The molecule has 186 valence electrons. The Hall–Kier alpha value is -2.19. The van der Waals surface area contributed by atoms with E-state index in [9.17, 15) is 24.3 Å². The molecule has 0 aromatic rings.